The molecule has 0 amide bonds. The van der Waals surface area contributed by atoms with E-state index in [0.717, 1.165) is 147 Å². The molecule has 3 heterocycles. The minimum absolute atomic E-state index is 0. The van der Waals surface area contributed by atoms with Crippen LogP contribution in [-0.2, 0) is 60.1 Å². The third-order valence-corrected chi connectivity index (χ3v) is 20.7. The van der Waals surface area contributed by atoms with Crippen LogP contribution in [0.25, 0.3) is 66.3 Å². The van der Waals surface area contributed by atoms with Crippen molar-refractivity contribution in [3.05, 3.63) is 213 Å². The number of para-hydroxylation sites is 3. The van der Waals surface area contributed by atoms with Crippen molar-refractivity contribution in [2.45, 2.75) is 91.8 Å². The number of aryl methyl sites for hydroxylation is 3. The van der Waals surface area contributed by atoms with E-state index in [1.165, 1.54) is 0 Å². The molecule has 3 aromatic heterocycles. The molecular formula is C67H67IN3Na3O12S4. The van der Waals surface area contributed by atoms with E-state index < -0.39 is 57.7 Å². The van der Waals surface area contributed by atoms with Gasteiger partial charge in [-0.2, -0.15) is 8.42 Å². The fraction of sp³-hybridized carbons (Fsp3) is 0.284. The van der Waals surface area contributed by atoms with Gasteiger partial charge in [-0.1, -0.05) is 156 Å². The van der Waals surface area contributed by atoms with Gasteiger partial charge in [0.25, 0.3) is 10.1 Å². The Morgan fingerprint density at radius 2 is 1.01 bits per heavy atom. The van der Waals surface area contributed by atoms with E-state index >= 15 is 0 Å². The molecule has 15 nitrogen and oxygen atoms in total. The minimum atomic E-state index is -4.53. The van der Waals surface area contributed by atoms with Crippen LogP contribution in [0.1, 0.15) is 97.5 Å². The van der Waals surface area contributed by atoms with Gasteiger partial charge in [-0.05, 0) is 152 Å². The molecule has 2 aliphatic rings. The third-order valence-electron chi connectivity index (χ3n) is 16.8. The quantitative estimate of drug-likeness (QED) is 0.0380. The van der Waals surface area contributed by atoms with Crippen molar-refractivity contribution in [1.29, 1.82) is 0 Å². The summed E-state index contributed by atoms with van der Waals surface area (Å²) in [6.45, 7) is 6.84. The molecule has 8 aromatic rings. The van der Waals surface area contributed by atoms with Crippen molar-refractivity contribution in [2.24, 2.45) is 0 Å². The van der Waals surface area contributed by atoms with Gasteiger partial charge in [-0.3, -0.25) is 4.55 Å². The summed E-state index contributed by atoms with van der Waals surface area (Å²) in [4.78, 5) is 0. The van der Waals surface area contributed by atoms with Gasteiger partial charge >= 0.3 is 88.7 Å². The molecule has 0 unspecified atom stereocenters. The SMILES string of the molecule is CC1=C(CCCS(=O)(=O)O)c2ccccc2/C1=C(/C=C/C1=C(CI)C(=C/C=C(\c2c(C)n(CCCS(=O)(=O)[O-])c3ccccc23)c2c(-c3ccccc3)n(CCCS(=O)(=O)[O-])c3ccccc23)/CCC1)c1c(C)n(CCCS(=O)(=O)[O-])c2ccccc12.[Na+].[Na+].[Na+]. The number of benzene rings is 5. The maximum atomic E-state index is 12.1. The molecule has 0 bridgehead atoms. The summed E-state index contributed by atoms with van der Waals surface area (Å²) in [5.41, 5.74) is 18.6. The van der Waals surface area contributed by atoms with Gasteiger partial charge in [0.15, 0.2) is 0 Å². The fourth-order valence-electron chi connectivity index (χ4n) is 13.1. The molecule has 0 saturated carbocycles. The minimum Gasteiger partial charge on any atom is -0.748 e. The summed E-state index contributed by atoms with van der Waals surface area (Å²) in [7, 11) is -17.7. The number of allylic oxidation sites excluding steroid dienone is 11. The van der Waals surface area contributed by atoms with E-state index in [0.29, 0.717) is 10.8 Å². The summed E-state index contributed by atoms with van der Waals surface area (Å²) >= 11 is 2.43. The molecule has 0 aliphatic heterocycles. The van der Waals surface area contributed by atoms with Crippen molar-refractivity contribution in [1.82, 2.24) is 13.7 Å². The average Bonchev–Trinajstić information content (AvgIpc) is 1.61. The first kappa shape index (κ1) is 73.9. The fourth-order valence-corrected chi connectivity index (χ4v) is 16.0. The van der Waals surface area contributed by atoms with Gasteiger partial charge in [0.05, 0.1) is 41.8 Å². The molecule has 5 aromatic carbocycles. The molecule has 0 saturated heterocycles. The smallest absolute Gasteiger partial charge is 0.748 e. The van der Waals surface area contributed by atoms with Gasteiger partial charge in [0.2, 0.25) is 0 Å². The normalized spacial score (nSPS) is 15.3. The largest absolute Gasteiger partial charge is 1.00 e. The first-order valence-electron chi connectivity index (χ1n) is 28.9. The van der Waals surface area contributed by atoms with Crippen molar-refractivity contribution >= 4 is 118 Å². The van der Waals surface area contributed by atoms with E-state index in [4.69, 9.17) is 0 Å². The number of rotatable bonds is 24. The summed E-state index contributed by atoms with van der Waals surface area (Å²) in [5.74, 6) is -1.98. The van der Waals surface area contributed by atoms with Crippen LogP contribution >= 0.6 is 22.6 Å². The Morgan fingerprint density at radius 3 is 1.54 bits per heavy atom. The molecular weight excluding hydrogens is 1360 g/mol. The second-order valence-corrected chi connectivity index (χ2v) is 29.2. The number of alkyl halides is 1. The van der Waals surface area contributed by atoms with Crippen molar-refractivity contribution in [3.63, 3.8) is 0 Å². The van der Waals surface area contributed by atoms with Crippen molar-refractivity contribution in [3.8, 4) is 11.3 Å². The predicted molar refractivity (Wildman–Crippen MR) is 354 cm³/mol. The van der Waals surface area contributed by atoms with E-state index in [1.54, 1.807) is 0 Å². The van der Waals surface area contributed by atoms with Crippen LogP contribution in [0, 0.1) is 13.8 Å². The van der Waals surface area contributed by atoms with Crippen LogP contribution < -0.4 is 88.7 Å². The van der Waals surface area contributed by atoms with E-state index in [9.17, 15) is 51.9 Å². The number of aromatic nitrogens is 3. The number of halogens is 1. The molecule has 456 valence electrons. The first-order valence-corrected chi connectivity index (χ1v) is 36.8. The van der Waals surface area contributed by atoms with E-state index in [2.05, 4.69) is 78.8 Å². The molecule has 0 atom stereocenters. The summed E-state index contributed by atoms with van der Waals surface area (Å²) < 4.78 is 148. The Hall–Kier alpha value is -3.47. The Bertz CT molecular complexity index is 4700. The van der Waals surface area contributed by atoms with Gasteiger partial charge in [-0.25, -0.2) is 25.3 Å². The maximum Gasteiger partial charge on any atom is 1.00 e. The summed E-state index contributed by atoms with van der Waals surface area (Å²) in [6, 6.07) is 41.7. The standard InChI is InChI=1S/C67H70IN3O12S4.3Na/c1-45-51(29-16-40-84(72,73)74)52-24-7-8-25-53(52)63(45)57(64-46(2)69(37-17-41-85(75,76)77)60-30-12-9-26-54(60)64)35-33-48-22-15-23-49(59(48)44-68)34-36-58(65-47(3)70(38-18-42-86(78,79)80)61-31-13-10-27-55(61)65)66-56-28-11-14-32-62(56)71(39-19-43-87(81,82)83)67(66)50-20-5-4-6-21-50;;;/h4-14,20-21,24-28,30-36H,15-19,22-23,29,37-44H2,1-3H3,(H,72,73,74)(H,75,76,77)(H,78,79,80)(H,81,82,83);;;/q;3*+1/p-3/b35-33+,49-34+,58-36+,63-57-;;;. The molecule has 1 N–H and O–H groups in total. The van der Waals surface area contributed by atoms with Crippen LogP contribution in [0.2, 0.25) is 0 Å². The van der Waals surface area contributed by atoms with Crippen molar-refractivity contribution < 1.29 is 141 Å². The second-order valence-electron chi connectivity index (χ2n) is 22.3. The van der Waals surface area contributed by atoms with Crippen LogP contribution in [0.4, 0.5) is 0 Å². The molecule has 23 heteroatoms. The number of hydrogen-bond acceptors (Lipinski definition) is 11. The molecule has 0 spiro atoms. The summed E-state index contributed by atoms with van der Waals surface area (Å²) in [6.07, 6.45) is 12.0. The molecule has 10 rings (SSSR count). The van der Waals surface area contributed by atoms with Gasteiger partial charge in [0.1, 0.15) is 0 Å². The molecule has 90 heavy (non-hydrogen) atoms. The van der Waals surface area contributed by atoms with Crippen LogP contribution in [0.3, 0.4) is 0 Å². The van der Waals surface area contributed by atoms with Gasteiger partial charge < -0.3 is 27.4 Å². The van der Waals surface area contributed by atoms with E-state index in [-0.39, 0.29) is 140 Å². The van der Waals surface area contributed by atoms with Crippen LogP contribution in [-0.4, -0.2) is 93.0 Å². The Labute approximate surface area is 608 Å². The summed E-state index contributed by atoms with van der Waals surface area (Å²) in [5, 5.41) is 2.73. The third kappa shape index (κ3) is 17.0. The van der Waals surface area contributed by atoms with Gasteiger partial charge in [0, 0.05) is 102 Å². The molecule has 2 aliphatic carbocycles. The zero-order chi connectivity index (χ0) is 62.0. The topological polar surface area (TPSA) is 241 Å². The Kier molecular flexibility index (Phi) is 25.8. The number of fused-ring (bicyclic) bond motifs is 4. The van der Waals surface area contributed by atoms with E-state index in [1.807, 2.05) is 130 Å². The van der Waals surface area contributed by atoms with Crippen molar-refractivity contribution in [2.75, 3.05) is 27.4 Å². The number of nitrogens with zero attached hydrogens (tertiary/aromatic N) is 3. The number of hydrogen-bond donors (Lipinski definition) is 1. The van der Waals surface area contributed by atoms with Gasteiger partial charge in [-0.15, -0.1) is 0 Å². The molecule has 0 radical (unpaired) electrons. The first-order chi connectivity index (χ1) is 41.4. The Balaban J connectivity index is 0.00000384. The maximum absolute atomic E-state index is 12.1. The Morgan fingerprint density at radius 1 is 0.544 bits per heavy atom. The monoisotopic (exact) mass is 1430 g/mol. The zero-order valence-corrected chi connectivity index (χ0v) is 63.0. The van der Waals surface area contributed by atoms with Crippen LogP contribution in [0.5, 0.6) is 0 Å². The predicted octanol–water partition coefficient (Wildman–Crippen LogP) is 4.55. The van der Waals surface area contributed by atoms with Crippen LogP contribution in [0.15, 0.2) is 174 Å². The average molecular weight is 1430 g/mol. The molecule has 0 fully saturated rings. The second kappa shape index (κ2) is 31.4. The zero-order valence-electron chi connectivity index (χ0n) is 51.5.